The second-order valence-corrected chi connectivity index (χ2v) is 7.33. The Hall–Kier alpha value is -1.97. The summed E-state index contributed by atoms with van der Waals surface area (Å²) in [5, 5.41) is 3.24. The van der Waals surface area contributed by atoms with Crippen LogP contribution in [0.3, 0.4) is 0 Å². The van der Waals surface area contributed by atoms with Crippen molar-refractivity contribution in [3.63, 3.8) is 0 Å². The Labute approximate surface area is 165 Å². The summed E-state index contributed by atoms with van der Waals surface area (Å²) in [6.07, 6.45) is -3.67. The number of hydrogen-bond acceptors (Lipinski definition) is 4. The van der Waals surface area contributed by atoms with Crippen molar-refractivity contribution in [3.05, 3.63) is 16.4 Å². The highest BCUT2D eigenvalue weighted by molar-refractivity contribution is 6.32. The fourth-order valence-corrected chi connectivity index (χ4v) is 3.71. The highest BCUT2D eigenvalue weighted by atomic mass is 35.5. The number of ether oxygens (including phenoxy) is 1. The third-order valence-electron chi connectivity index (χ3n) is 4.96. The van der Waals surface area contributed by atoms with Gasteiger partial charge >= 0.3 is 12.3 Å². The van der Waals surface area contributed by atoms with Gasteiger partial charge in [-0.25, -0.2) is 4.79 Å². The molecule has 0 N–H and O–H groups in total. The highest BCUT2D eigenvalue weighted by Crippen LogP contribution is 2.47. The number of piperazine rings is 1. The summed E-state index contributed by atoms with van der Waals surface area (Å²) < 4.78 is 45.7. The molecule has 1 atom stereocenters. The Morgan fingerprint density at radius 3 is 2.29 bits per heavy atom. The van der Waals surface area contributed by atoms with Crippen LogP contribution in [0, 0.1) is 0 Å². The van der Waals surface area contributed by atoms with Gasteiger partial charge in [-0.1, -0.05) is 11.6 Å². The van der Waals surface area contributed by atoms with Crippen molar-refractivity contribution in [2.75, 3.05) is 32.8 Å². The molecule has 0 radical (unpaired) electrons. The summed E-state index contributed by atoms with van der Waals surface area (Å²) in [5.41, 5.74) is -0.872. The van der Waals surface area contributed by atoms with Gasteiger partial charge in [0, 0.05) is 32.1 Å². The van der Waals surface area contributed by atoms with Gasteiger partial charge in [-0.3, -0.25) is 9.48 Å². The number of halogens is 4. The maximum atomic E-state index is 13.2. The molecule has 3 rings (SSSR count). The molecule has 1 saturated heterocycles. The predicted molar refractivity (Wildman–Crippen MR) is 94.1 cm³/mol. The van der Waals surface area contributed by atoms with E-state index in [1.807, 2.05) is 0 Å². The first-order valence-electron chi connectivity index (χ1n) is 9.20. The van der Waals surface area contributed by atoms with Crippen molar-refractivity contribution in [3.8, 4) is 0 Å². The van der Waals surface area contributed by atoms with Crippen molar-refractivity contribution in [1.82, 2.24) is 19.6 Å². The van der Waals surface area contributed by atoms with E-state index in [4.69, 9.17) is 16.3 Å². The van der Waals surface area contributed by atoms with Gasteiger partial charge in [0.15, 0.2) is 5.69 Å². The Balaban J connectivity index is 1.75. The van der Waals surface area contributed by atoms with Crippen LogP contribution in [0.25, 0.3) is 0 Å². The third-order valence-corrected chi connectivity index (χ3v) is 5.33. The second-order valence-electron chi connectivity index (χ2n) is 6.95. The van der Waals surface area contributed by atoms with Crippen molar-refractivity contribution in [2.45, 2.75) is 44.8 Å². The molecule has 156 valence electrons. The van der Waals surface area contributed by atoms with E-state index in [0.717, 1.165) is 17.5 Å². The minimum absolute atomic E-state index is 0.105. The van der Waals surface area contributed by atoms with Gasteiger partial charge in [-0.15, -0.1) is 0 Å². The Bertz CT molecular complexity index is 756. The quantitative estimate of drug-likeness (QED) is 0.746. The molecule has 2 heterocycles. The van der Waals surface area contributed by atoms with Crippen LogP contribution >= 0.6 is 11.6 Å². The molecule has 7 nitrogen and oxygen atoms in total. The van der Waals surface area contributed by atoms with Gasteiger partial charge in [0.05, 0.1) is 17.3 Å². The first-order valence-corrected chi connectivity index (χ1v) is 9.58. The SMILES string of the molecule is CCOC(=O)N1CCN(C(=O)C(C)n2nc(C(F)(F)F)c(Cl)c2C2CC2)CC1. The van der Waals surface area contributed by atoms with Crippen LogP contribution in [0.15, 0.2) is 0 Å². The van der Waals surface area contributed by atoms with E-state index in [2.05, 4.69) is 5.10 Å². The molecule has 1 aliphatic carbocycles. The summed E-state index contributed by atoms with van der Waals surface area (Å²) in [5.74, 6) is -0.453. The molecule has 1 saturated carbocycles. The molecule has 1 unspecified atom stereocenters. The number of rotatable bonds is 4. The van der Waals surface area contributed by atoms with E-state index in [-0.39, 0.29) is 37.2 Å². The first kappa shape index (κ1) is 20.8. The van der Waals surface area contributed by atoms with Crippen LogP contribution in [0.2, 0.25) is 5.02 Å². The lowest BCUT2D eigenvalue weighted by molar-refractivity contribution is -0.142. The van der Waals surface area contributed by atoms with Crippen LogP contribution in [0.4, 0.5) is 18.0 Å². The van der Waals surface area contributed by atoms with Crippen molar-refractivity contribution in [2.24, 2.45) is 0 Å². The Kier molecular flexibility index (Phi) is 5.79. The number of amides is 2. The maximum absolute atomic E-state index is 13.2. The molecular formula is C17H22ClF3N4O3. The summed E-state index contributed by atoms with van der Waals surface area (Å²) in [7, 11) is 0. The van der Waals surface area contributed by atoms with Crippen LogP contribution in [-0.4, -0.2) is 64.4 Å². The van der Waals surface area contributed by atoms with E-state index in [0.29, 0.717) is 13.1 Å². The van der Waals surface area contributed by atoms with Crippen LogP contribution in [0.1, 0.15) is 50.0 Å². The average molecular weight is 423 g/mol. The zero-order valence-electron chi connectivity index (χ0n) is 15.6. The summed E-state index contributed by atoms with van der Waals surface area (Å²) in [6.45, 7) is 4.67. The predicted octanol–water partition coefficient (Wildman–Crippen LogP) is 3.29. The molecule has 2 fully saturated rings. The van der Waals surface area contributed by atoms with Crippen LogP contribution < -0.4 is 0 Å². The van der Waals surface area contributed by atoms with E-state index in [9.17, 15) is 22.8 Å². The number of aromatic nitrogens is 2. The van der Waals surface area contributed by atoms with Gasteiger partial charge in [-0.2, -0.15) is 18.3 Å². The van der Waals surface area contributed by atoms with Gasteiger partial charge in [-0.05, 0) is 26.7 Å². The number of carbonyl (C=O) groups excluding carboxylic acids is 2. The molecule has 28 heavy (non-hydrogen) atoms. The van der Waals surface area contributed by atoms with Crippen LogP contribution in [0.5, 0.6) is 0 Å². The Morgan fingerprint density at radius 1 is 1.21 bits per heavy atom. The largest absolute Gasteiger partial charge is 0.450 e. The van der Waals surface area contributed by atoms with Crippen molar-refractivity contribution in [1.29, 1.82) is 0 Å². The fraction of sp³-hybridized carbons (Fsp3) is 0.706. The smallest absolute Gasteiger partial charge is 0.436 e. The number of nitrogens with zero attached hydrogens (tertiary/aromatic N) is 4. The van der Waals surface area contributed by atoms with Crippen molar-refractivity contribution >= 4 is 23.6 Å². The monoisotopic (exact) mass is 422 g/mol. The Morgan fingerprint density at radius 2 is 1.79 bits per heavy atom. The molecule has 2 amide bonds. The minimum Gasteiger partial charge on any atom is -0.450 e. The van der Waals surface area contributed by atoms with E-state index < -0.39 is 29.0 Å². The van der Waals surface area contributed by atoms with Gasteiger partial charge in [0.2, 0.25) is 5.91 Å². The molecule has 1 aromatic rings. The topological polar surface area (TPSA) is 67.7 Å². The number of hydrogen-bond donors (Lipinski definition) is 0. The van der Waals surface area contributed by atoms with E-state index in [1.165, 1.54) is 16.7 Å². The summed E-state index contributed by atoms with van der Waals surface area (Å²) in [6, 6.07) is -0.918. The second kappa shape index (κ2) is 7.81. The highest BCUT2D eigenvalue weighted by Gasteiger charge is 2.43. The van der Waals surface area contributed by atoms with Crippen molar-refractivity contribution < 1.29 is 27.5 Å². The van der Waals surface area contributed by atoms with E-state index >= 15 is 0 Å². The first-order chi connectivity index (χ1) is 13.1. The number of alkyl halides is 3. The summed E-state index contributed by atoms with van der Waals surface area (Å²) in [4.78, 5) is 27.7. The maximum Gasteiger partial charge on any atom is 0.436 e. The normalized spacial score (nSPS) is 18.9. The standard InChI is InChI=1S/C17H22ClF3N4O3/c1-3-28-16(27)24-8-6-23(7-9-24)15(26)10(2)25-13(11-4-5-11)12(18)14(22-25)17(19,20)21/h10-11H,3-9H2,1-2H3. The molecule has 11 heteroatoms. The third kappa shape index (κ3) is 4.06. The lowest BCUT2D eigenvalue weighted by atomic mass is 10.2. The lowest BCUT2D eigenvalue weighted by Crippen LogP contribution is -2.52. The van der Waals surface area contributed by atoms with E-state index in [1.54, 1.807) is 6.92 Å². The zero-order chi connectivity index (χ0) is 20.6. The number of carbonyl (C=O) groups is 2. The van der Waals surface area contributed by atoms with Gasteiger partial charge < -0.3 is 14.5 Å². The molecule has 0 spiro atoms. The molecule has 1 aromatic heterocycles. The van der Waals surface area contributed by atoms with Gasteiger partial charge in [0.25, 0.3) is 0 Å². The molecular weight excluding hydrogens is 401 g/mol. The fourth-order valence-electron chi connectivity index (χ4n) is 3.32. The lowest BCUT2D eigenvalue weighted by Gasteiger charge is -2.35. The van der Waals surface area contributed by atoms with Crippen LogP contribution in [-0.2, 0) is 15.7 Å². The molecule has 0 aromatic carbocycles. The molecule has 1 aliphatic heterocycles. The molecule has 2 aliphatic rings. The minimum atomic E-state index is -4.68. The average Bonchev–Trinajstić information content (AvgIpc) is 3.42. The zero-order valence-corrected chi connectivity index (χ0v) is 16.4. The summed E-state index contributed by atoms with van der Waals surface area (Å²) >= 11 is 5.98. The van der Waals surface area contributed by atoms with Gasteiger partial charge in [0.1, 0.15) is 6.04 Å². The molecule has 0 bridgehead atoms.